The number of anilines is 3. The van der Waals surface area contributed by atoms with Crippen molar-refractivity contribution in [2.75, 3.05) is 11.1 Å². The lowest BCUT2D eigenvalue weighted by Crippen LogP contribution is -1.98. The van der Waals surface area contributed by atoms with Crippen LogP contribution < -0.4 is 11.1 Å². The average molecular weight is 218 g/mol. The monoisotopic (exact) mass is 218 g/mol. The first-order valence-corrected chi connectivity index (χ1v) is 4.77. The van der Waals surface area contributed by atoms with Crippen LogP contribution in [0.25, 0.3) is 0 Å². The largest absolute Gasteiger partial charge is 0.382 e. The summed E-state index contributed by atoms with van der Waals surface area (Å²) < 4.78 is 13.1. The fraction of sp³-hybridized carbons (Fsp3) is 0.0909. The minimum Gasteiger partial charge on any atom is -0.382 e. The summed E-state index contributed by atoms with van der Waals surface area (Å²) in [7, 11) is 0. The third-order valence-electron chi connectivity index (χ3n) is 2.00. The molecule has 0 spiro atoms. The molecule has 16 heavy (non-hydrogen) atoms. The van der Waals surface area contributed by atoms with Crippen LogP contribution in [0.15, 0.2) is 30.3 Å². The minimum absolute atomic E-state index is 0.286. The number of nitrogens with two attached hydrogens (primary N) is 1. The van der Waals surface area contributed by atoms with Crippen LogP contribution in [0, 0.1) is 12.7 Å². The first kappa shape index (κ1) is 10.4. The lowest BCUT2D eigenvalue weighted by atomic mass is 10.2. The van der Waals surface area contributed by atoms with Crippen molar-refractivity contribution in [1.82, 2.24) is 10.2 Å². The summed E-state index contributed by atoms with van der Waals surface area (Å²) in [6.07, 6.45) is 0. The van der Waals surface area contributed by atoms with Gasteiger partial charge in [-0.05, 0) is 42.8 Å². The lowest BCUT2D eigenvalue weighted by Gasteiger charge is -2.06. The van der Waals surface area contributed by atoms with E-state index < -0.39 is 0 Å². The van der Waals surface area contributed by atoms with Crippen molar-refractivity contribution in [1.29, 1.82) is 0 Å². The van der Waals surface area contributed by atoms with Gasteiger partial charge < -0.3 is 11.1 Å². The maximum atomic E-state index is 13.1. The molecular weight excluding hydrogens is 207 g/mol. The molecule has 5 heteroatoms. The summed E-state index contributed by atoms with van der Waals surface area (Å²) in [6, 6.07) is 7.98. The molecule has 0 radical (unpaired) electrons. The third-order valence-corrected chi connectivity index (χ3v) is 2.00. The van der Waals surface area contributed by atoms with Gasteiger partial charge in [-0.2, -0.15) is 0 Å². The molecule has 0 atom stereocenters. The fourth-order valence-corrected chi connectivity index (χ4v) is 1.37. The molecule has 0 aliphatic carbocycles. The smallest absolute Gasteiger partial charge is 0.153 e. The number of hydrogen-bond acceptors (Lipinski definition) is 4. The van der Waals surface area contributed by atoms with E-state index in [1.807, 2.05) is 13.0 Å². The fourth-order valence-electron chi connectivity index (χ4n) is 1.37. The molecule has 4 nitrogen and oxygen atoms in total. The van der Waals surface area contributed by atoms with Crippen molar-refractivity contribution in [3.63, 3.8) is 0 Å². The third kappa shape index (κ3) is 2.44. The van der Waals surface area contributed by atoms with Gasteiger partial charge in [-0.3, -0.25) is 0 Å². The molecule has 0 amide bonds. The van der Waals surface area contributed by atoms with Crippen LogP contribution in [-0.2, 0) is 0 Å². The molecule has 1 aromatic carbocycles. The van der Waals surface area contributed by atoms with E-state index in [4.69, 9.17) is 5.73 Å². The molecule has 0 unspecified atom stereocenters. The summed E-state index contributed by atoms with van der Waals surface area (Å²) in [4.78, 5) is 0. The zero-order valence-electron chi connectivity index (χ0n) is 8.74. The molecule has 0 fully saturated rings. The van der Waals surface area contributed by atoms with Crippen LogP contribution in [0.2, 0.25) is 0 Å². The van der Waals surface area contributed by atoms with Gasteiger partial charge in [0.15, 0.2) is 5.82 Å². The molecular formula is C11H11FN4. The summed E-state index contributed by atoms with van der Waals surface area (Å²) >= 11 is 0. The van der Waals surface area contributed by atoms with E-state index in [1.165, 1.54) is 12.1 Å². The second-order valence-corrected chi connectivity index (χ2v) is 3.49. The van der Waals surface area contributed by atoms with E-state index in [0.29, 0.717) is 17.3 Å². The highest BCUT2D eigenvalue weighted by atomic mass is 19.1. The van der Waals surface area contributed by atoms with Gasteiger partial charge in [-0.25, -0.2) is 4.39 Å². The normalized spacial score (nSPS) is 10.1. The molecule has 0 aliphatic rings. The van der Waals surface area contributed by atoms with Gasteiger partial charge in [0.05, 0.1) is 0 Å². The van der Waals surface area contributed by atoms with E-state index in [9.17, 15) is 4.39 Å². The SMILES string of the molecule is Cc1cc(F)cc(Nc2ccc(N)nn2)c1. The molecule has 0 bridgehead atoms. The van der Waals surface area contributed by atoms with Gasteiger partial charge in [0.2, 0.25) is 0 Å². The number of nitrogens with zero attached hydrogens (tertiary/aromatic N) is 2. The van der Waals surface area contributed by atoms with Crippen LogP contribution in [0.5, 0.6) is 0 Å². The van der Waals surface area contributed by atoms with Gasteiger partial charge in [0.25, 0.3) is 0 Å². The Morgan fingerprint density at radius 3 is 2.62 bits per heavy atom. The predicted molar refractivity (Wildman–Crippen MR) is 60.9 cm³/mol. The van der Waals surface area contributed by atoms with Gasteiger partial charge in [0, 0.05) is 5.69 Å². The summed E-state index contributed by atoms with van der Waals surface area (Å²) in [5.74, 6) is 0.589. The molecule has 0 saturated carbocycles. The standard InChI is InChI=1S/C11H11FN4/c1-7-4-8(12)6-9(5-7)14-11-3-2-10(13)15-16-11/h2-6H,1H3,(H2,13,15)(H,14,16). The zero-order chi connectivity index (χ0) is 11.5. The Kier molecular flexibility index (Phi) is 2.68. The van der Waals surface area contributed by atoms with E-state index in [2.05, 4.69) is 15.5 Å². The van der Waals surface area contributed by atoms with Crippen LogP contribution in [0.3, 0.4) is 0 Å². The molecule has 0 saturated heterocycles. The van der Waals surface area contributed by atoms with E-state index >= 15 is 0 Å². The number of aryl methyl sites for hydroxylation is 1. The summed E-state index contributed by atoms with van der Waals surface area (Å²) in [5.41, 5.74) is 6.88. The minimum atomic E-state index is -0.286. The second-order valence-electron chi connectivity index (χ2n) is 3.49. The van der Waals surface area contributed by atoms with E-state index in [-0.39, 0.29) is 5.82 Å². The maximum absolute atomic E-state index is 13.1. The first-order valence-electron chi connectivity index (χ1n) is 4.77. The predicted octanol–water partition coefficient (Wildman–Crippen LogP) is 2.25. The number of benzene rings is 1. The second kappa shape index (κ2) is 4.14. The summed E-state index contributed by atoms with van der Waals surface area (Å²) in [6.45, 7) is 1.82. The quantitative estimate of drug-likeness (QED) is 0.811. The highest BCUT2D eigenvalue weighted by Crippen LogP contribution is 2.17. The van der Waals surface area contributed by atoms with Gasteiger partial charge in [-0.1, -0.05) is 0 Å². The van der Waals surface area contributed by atoms with Crippen LogP contribution in [0.4, 0.5) is 21.7 Å². The van der Waals surface area contributed by atoms with Crippen molar-refractivity contribution in [3.05, 3.63) is 41.7 Å². The number of rotatable bonds is 2. The number of nitrogen functional groups attached to an aromatic ring is 1. The van der Waals surface area contributed by atoms with Gasteiger partial charge >= 0.3 is 0 Å². The highest BCUT2D eigenvalue weighted by molar-refractivity contribution is 5.57. The Hall–Kier alpha value is -2.17. The molecule has 1 aromatic heterocycles. The topological polar surface area (TPSA) is 63.8 Å². The number of halogens is 1. The molecule has 1 heterocycles. The highest BCUT2D eigenvalue weighted by Gasteiger charge is 2.00. The zero-order valence-corrected chi connectivity index (χ0v) is 8.74. The number of aromatic nitrogens is 2. The van der Waals surface area contributed by atoms with Crippen molar-refractivity contribution in [3.8, 4) is 0 Å². The Morgan fingerprint density at radius 2 is 2.00 bits per heavy atom. The Morgan fingerprint density at radius 1 is 1.19 bits per heavy atom. The van der Waals surface area contributed by atoms with E-state index in [0.717, 1.165) is 5.56 Å². The Bertz CT molecular complexity index is 476. The average Bonchev–Trinajstić information content (AvgIpc) is 2.20. The van der Waals surface area contributed by atoms with Crippen molar-refractivity contribution >= 4 is 17.3 Å². The van der Waals surface area contributed by atoms with Crippen molar-refractivity contribution in [2.24, 2.45) is 0 Å². The molecule has 3 N–H and O–H groups in total. The Labute approximate surface area is 92.3 Å². The number of nitrogens with one attached hydrogen (secondary N) is 1. The molecule has 2 rings (SSSR count). The molecule has 0 aliphatic heterocycles. The van der Waals surface area contributed by atoms with Crippen molar-refractivity contribution in [2.45, 2.75) is 6.92 Å². The Balaban J connectivity index is 2.23. The van der Waals surface area contributed by atoms with Crippen molar-refractivity contribution < 1.29 is 4.39 Å². The van der Waals surface area contributed by atoms with Crippen LogP contribution in [0.1, 0.15) is 5.56 Å². The van der Waals surface area contributed by atoms with Gasteiger partial charge in [-0.15, -0.1) is 10.2 Å². The molecule has 82 valence electrons. The van der Waals surface area contributed by atoms with Crippen LogP contribution >= 0.6 is 0 Å². The lowest BCUT2D eigenvalue weighted by molar-refractivity contribution is 0.627. The number of hydrogen-bond donors (Lipinski definition) is 2. The van der Waals surface area contributed by atoms with E-state index in [1.54, 1.807) is 12.1 Å². The van der Waals surface area contributed by atoms with Gasteiger partial charge in [0.1, 0.15) is 11.6 Å². The van der Waals surface area contributed by atoms with Crippen LogP contribution in [-0.4, -0.2) is 10.2 Å². The maximum Gasteiger partial charge on any atom is 0.153 e. The molecule has 2 aromatic rings. The first-order chi connectivity index (χ1) is 7.63. The summed E-state index contributed by atoms with van der Waals surface area (Å²) in [5, 5.41) is 10.5.